The van der Waals surface area contributed by atoms with Crippen molar-refractivity contribution in [3.8, 4) is 5.75 Å². The maximum atomic E-state index is 11.4. The fourth-order valence-electron chi connectivity index (χ4n) is 1.46. The fourth-order valence-corrected chi connectivity index (χ4v) is 1.87. The van der Waals surface area contributed by atoms with Gasteiger partial charge in [-0.15, -0.1) is 0 Å². The molecule has 0 amide bonds. The van der Waals surface area contributed by atoms with E-state index in [2.05, 4.69) is 0 Å². The molecular formula is C13H16NNaO7S. The Morgan fingerprint density at radius 3 is 2.30 bits per heavy atom. The number of esters is 2. The van der Waals surface area contributed by atoms with E-state index in [1.54, 1.807) is 24.3 Å². The zero-order chi connectivity index (χ0) is 16.8. The predicted molar refractivity (Wildman–Crippen MR) is 74.5 cm³/mol. The van der Waals surface area contributed by atoms with Gasteiger partial charge in [0.2, 0.25) is 0 Å². The molecule has 0 aromatic heterocycles. The second kappa shape index (κ2) is 10.0. The van der Waals surface area contributed by atoms with Crippen LogP contribution in [0, 0.1) is 0 Å². The van der Waals surface area contributed by atoms with Crippen molar-refractivity contribution in [3.63, 3.8) is 0 Å². The summed E-state index contributed by atoms with van der Waals surface area (Å²) in [6.45, 7) is 1.25. The molecular weight excluding hydrogens is 337 g/mol. The molecule has 23 heavy (non-hydrogen) atoms. The van der Waals surface area contributed by atoms with Crippen molar-refractivity contribution in [2.75, 3.05) is 0 Å². The van der Waals surface area contributed by atoms with E-state index in [1.165, 1.54) is 6.92 Å². The summed E-state index contributed by atoms with van der Waals surface area (Å²) in [5, 5.41) is -1.62. The SMILES string of the molecule is CC(=O)Oc1ccc(COC(=O)CCC(N)S(=O)(=O)[O-])cc1.[Na+]. The molecule has 0 aliphatic rings. The normalized spacial score (nSPS) is 12.0. The van der Waals surface area contributed by atoms with Crippen LogP contribution in [0.15, 0.2) is 24.3 Å². The molecule has 1 aromatic rings. The number of carbonyl (C=O) groups excluding carboxylic acids is 2. The Bertz CT molecular complexity index is 630. The summed E-state index contributed by atoms with van der Waals surface area (Å²) in [4.78, 5) is 22.2. The molecule has 1 unspecified atom stereocenters. The van der Waals surface area contributed by atoms with E-state index in [-0.39, 0.29) is 49.0 Å². The van der Waals surface area contributed by atoms with Crippen molar-refractivity contribution >= 4 is 22.1 Å². The second-order valence-corrected chi connectivity index (χ2v) is 6.06. The number of nitrogens with two attached hydrogens (primary N) is 1. The van der Waals surface area contributed by atoms with E-state index in [0.717, 1.165) is 0 Å². The van der Waals surface area contributed by atoms with Crippen molar-refractivity contribution in [1.29, 1.82) is 0 Å². The number of hydrogen-bond acceptors (Lipinski definition) is 8. The van der Waals surface area contributed by atoms with Gasteiger partial charge in [-0.05, 0) is 24.1 Å². The molecule has 0 radical (unpaired) electrons. The van der Waals surface area contributed by atoms with Gasteiger partial charge in [-0.3, -0.25) is 9.59 Å². The third kappa shape index (κ3) is 9.04. The van der Waals surface area contributed by atoms with Gasteiger partial charge in [0.15, 0.2) is 0 Å². The standard InChI is InChI=1S/C13H17NO7S.Na/c1-9(15)21-11-4-2-10(3-5-11)8-20-13(16)7-6-12(14)22(17,18)19;/h2-5,12H,6-8,14H2,1H3,(H,17,18,19);/q;+1/p-1. The topological polar surface area (TPSA) is 136 Å². The van der Waals surface area contributed by atoms with E-state index >= 15 is 0 Å². The molecule has 2 N–H and O–H groups in total. The number of ether oxygens (including phenoxy) is 2. The van der Waals surface area contributed by atoms with Crippen LogP contribution in [-0.4, -0.2) is 30.3 Å². The first-order valence-electron chi connectivity index (χ1n) is 6.32. The maximum absolute atomic E-state index is 11.4. The van der Waals surface area contributed by atoms with Crippen molar-refractivity contribution in [1.82, 2.24) is 0 Å². The largest absolute Gasteiger partial charge is 1.00 e. The number of hydrogen-bond donors (Lipinski definition) is 1. The summed E-state index contributed by atoms with van der Waals surface area (Å²) in [5.41, 5.74) is 5.77. The van der Waals surface area contributed by atoms with E-state index < -0.39 is 27.4 Å². The molecule has 0 aliphatic heterocycles. The molecule has 1 rings (SSSR count). The maximum Gasteiger partial charge on any atom is 1.00 e. The van der Waals surface area contributed by atoms with Crippen LogP contribution in [-0.2, 0) is 31.1 Å². The smallest absolute Gasteiger partial charge is 0.747 e. The molecule has 0 bridgehead atoms. The van der Waals surface area contributed by atoms with Gasteiger partial charge >= 0.3 is 41.5 Å². The van der Waals surface area contributed by atoms with Crippen molar-refractivity contribution in [2.45, 2.75) is 31.7 Å². The minimum Gasteiger partial charge on any atom is -0.747 e. The first kappa shape index (κ1) is 22.0. The quantitative estimate of drug-likeness (QED) is 0.241. The van der Waals surface area contributed by atoms with Gasteiger partial charge in [-0.25, -0.2) is 8.42 Å². The van der Waals surface area contributed by atoms with Gasteiger partial charge in [0.05, 0.1) is 5.37 Å². The molecule has 0 saturated heterocycles. The van der Waals surface area contributed by atoms with E-state index in [4.69, 9.17) is 15.2 Å². The number of carbonyl (C=O) groups is 2. The van der Waals surface area contributed by atoms with Crippen molar-refractivity contribution < 1.29 is 61.6 Å². The van der Waals surface area contributed by atoms with Crippen molar-refractivity contribution in [3.05, 3.63) is 29.8 Å². The molecule has 0 aliphatic carbocycles. The summed E-state index contributed by atoms with van der Waals surface area (Å²) in [6.07, 6.45) is -0.565. The van der Waals surface area contributed by atoms with E-state index in [9.17, 15) is 22.6 Å². The van der Waals surface area contributed by atoms with Crippen LogP contribution in [0.2, 0.25) is 0 Å². The van der Waals surface area contributed by atoms with Gasteiger partial charge in [0, 0.05) is 13.3 Å². The first-order chi connectivity index (χ1) is 10.2. The Morgan fingerprint density at radius 1 is 1.26 bits per heavy atom. The third-order valence-corrected chi connectivity index (χ3v) is 3.57. The molecule has 1 aromatic carbocycles. The summed E-state index contributed by atoms with van der Waals surface area (Å²) in [7, 11) is -4.60. The van der Waals surface area contributed by atoms with Crippen LogP contribution < -0.4 is 40.0 Å². The Morgan fingerprint density at radius 2 is 1.83 bits per heavy atom. The fraction of sp³-hybridized carbons (Fsp3) is 0.385. The molecule has 122 valence electrons. The molecule has 8 nitrogen and oxygen atoms in total. The van der Waals surface area contributed by atoms with E-state index in [0.29, 0.717) is 11.3 Å². The zero-order valence-corrected chi connectivity index (χ0v) is 15.7. The Kier molecular flexibility index (Phi) is 9.59. The van der Waals surface area contributed by atoms with Gasteiger partial charge in [0.1, 0.15) is 22.5 Å². The molecule has 1 atom stereocenters. The molecule has 0 spiro atoms. The van der Waals surface area contributed by atoms with Crippen LogP contribution in [0.25, 0.3) is 0 Å². The van der Waals surface area contributed by atoms with Crippen LogP contribution >= 0.6 is 0 Å². The van der Waals surface area contributed by atoms with E-state index in [1.807, 2.05) is 0 Å². The molecule has 0 saturated carbocycles. The van der Waals surface area contributed by atoms with Crippen LogP contribution in [0.3, 0.4) is 0 Å². The van der Waals surface area contributed by atoms with Crippen molar-refractivity contribution in [2.24, 2.45) is 5.73 Å². The predicted octanol–water partition coefficient (Wildman–Crippen LogP) is -2.73. The summed E-state index contributed by atoms with van der Waals surface area (Å²) < 4.78 is 41.4. The monoisotopic (exact) mass is 353 g/mol. The Labute approximate surface area is 156 Å². The van der Waals surface area contributed by atoms with Gasteiger partial charge in [-0.2, -0.15) is 0 Å². The third-order valence-electron chi connectivity index (χ3n) is 2.59. The molecule has 0 heterocycles. The van der Waals surface area contributed by atoms with Gasteiger partial charge < -0.3 is 19.8 Å². The van der Waals surface area contributed by atoms with Crippen LogP contribution in [0.5, 0.6) is 5.75 Å². The van der Waals surface area contributed by atoms with Gasteiger partial charge in [0.25, 0.3) is 0 Å². The number of benzene rings is 1. The second-order valence-electron chi connectivity index (χ2n) is 4.47. The Balaban J connectivity index is 0.00000484. The summed E-state index contributed by atoms with van der Waals surface area (Å²) >= 11 is 0. The minimum absolute atomic E-state index is 0. The zero-order valence-electron chi connectivity index (χ0n) is 12.9. The molecule has 10 heteroatoms. The first-order valence-corrected chi connectivity index (χ1v) is 7.79. The molecule has 0 fully saturated rings. The summed E-state index contributed by atoms with van der Waals surface area (Å²) in [5.74, 6) is -0.735. The van der Waals surface area contributed by atoms with Gasteiger partial charge in [-0.1, -0.05) is 12.1 Å². The minimum atomic E-state index is -4.60. The number of rotatable bonds is 7. The average Bonchev–Trinajstić information content (AvgIpc) is 2.42. The van der Waals surface area contributed by atoms with Crippen LogP contribution in [0.4, 0.5) is 0 Å². The summed E-state index contributed by atoms with van der Waals surface area (Å²) in [6, 6.07) is 6.31. The van der Waals surface area contributed by atoms with Crippen LogP contribution in [0.1, 0.15) is 25.3 Å². The average molecular weight is 353 g/mol. The Hall–Kier alpha value is -0.970.